The van der Waals surface area contributed by atoms with Crippen LogP contribution in [-0.4, -0.2) is 37.0 Å². The number of nitrogens with one attached hydrogen (secondary N) is 2. The summed E-state index contributed by atoms with van der Waals surface area (Å²) in [4.78, 5) is 35.9. The van der Waals surface area contributed by atoms with E-state index in [4.69, 9.17) is 27.9 Å². The number of halogens is 2. The van der Waals surface area contributed by atoms with Crippen molar-refractivity contribution in [1.82, 2.24) is 10.6 Å². The van der Waals surface area contributed by atoms with Crippen LogP contribution in [0.2, 0.25) is 10.0 Å². The number of benzene rings is 1. The van der Waals surface area contributed by atoms with Crippen molar-refractivity contribution in [3.8, 4) is 0 Å². The number of hydrogen-bond donors (Lipinski definition) is 2. The van der Waals surface area contributed by atoms with Crippen LogP contribution in [0, 0.1) is 5.92 Å². The standard InChI is InChI=1S/C17H22Cl2N2O4/c1-9(2)15(20-10(3)22)16(23)21-14(17(24)25-4)8-11-12(18)6-5-7-13(11)19/h5-7,9,14-15H,8H2,1-4H3,(H,20,22)(H,21,23)/t14-,15+/m0/s1. The van der Waals surface area contributed by atoms with Crippen LogP contribution in [-0.2, 0) is 25.5 Å². The Balaban J connectivity index is 3.01. The number of carbonyl (C=O) groups excluding carboxylic acids is 3. The van der Waals surface area contributed by atoms with Crippen molar-refractivity contribution >= 4 is 41.0 Å². The predicted molar refractivity (Wildman–Crippen MR) is 96.6 cm³/mol. The van der Waals surface area contributed by atoms with Crippen molar-refractivity contribution in [3.63, 3.8) is 0 Å². The quantitative estimate of drug-likeness (QED) is 0.702. The minimum atomic E-state index is -0.982. The summed E-state index contributed by atoms with van der Waals surface area (Å²) in [5.74, 6) is -1.61. The van der Waals surface area contributed by atoms with Gasteiger partial charge in [0.25, 0.3) is 0 Å². The number of hydrogen-bond acceptors (Lipinski definition) is 4. The van der Waals surface area contributed by atoms with Crippen LogP contribution in [0.5, 0.6) is 0 Å². The Hall–Kier alpha value is -1.79. The Morgan fingerprint density at radius 3 is 2.12 bits per heavy atom. The van der Waals surface area contributed by atoms with Crippen molar-refractivity contribution in [2.75, 3.05) is 7.11 Å². The first kappa shape index (κ1) is 21.3. The predicted octanol–water partition coefficient (Wildman–Crippen LogP) is 2.35. The lowest BCUT2D eigenvalue weighted by molar-refractivity contribution is -0.145. The Morgan fingerprint density at radius 2 is 1.68 bits per heavy atom. The van der Waals surface area contributed by atoms with E-state index in [1.807, 2.05) is 0 Å². The number of carbonyl (C=O) groups is 3. The van der Waals surface area contributed by atoms with E-state index in [0.29, 0.717) is 15.6 Å². The Morgan fingerprint density at radius 1 is 1.12 bits per heavy atom. The minimum absolute atomic E-state index is 0.0712. The van der Waals surface area contributed by atoms with Crippen LogP contribution in [0.4, 0.5) is 0 Å². The van der Waals surface area contributed by atoms with Gasteiger partial charge in [0.05, 0.1) is 7.11 Å². The summed E-state index contributed by atoms with van der Waals surface area (Å²) in [6.07, 6.45) is 0.0712. The van der Waals surface area contributed by atoms with Gasteiger partial charge >= 0.3 is 5.97 Å². The van der Waals surface area contributed by atoms with E-state index in [9.17, 15) is 14.4 Å². The highest BCUT2D eigenvalue weighted by Gasteiger charge is 2.29. The largest absolute Gasteiger partial charge is 0.467 e. The molecule has 0 aliphatic heterocycles. The molecule has 1 aromatic carbocycles. The van der Waals surface area contributed by atoms with Gasteiger partial charge in [0.15, 0.2) is 0 Å². The monoisotopic (exact) mass is 388 g/mol. The first-order valence-electron chi connectivity index (χ1n) is 7.75. The SMILES string of the molecule is COC(=O)[C@H](Cc1c(Cl)cccc1Cl)NC(=O)[C@H](NC(C)=O)C(C)C. The molecule has 0 fully saturated rings. The third kappa shape index (κ3) is 6.21. The molecule has 1 rings (SSSR count). The third-order valence-corrected chi connectivity index (χ3v) is 4.29. The van der Waals surface area contributed by atoms with E-state index in [-0.39, 0.29) is 18.2 Å². The summed E-state index contributed by atoms with van der Waals surface area (Å²) >= 11 is 12.3. The first-order valence-corrected chi connectivity index (χ1v) is 8.51. The van der Waals surface area contributed by atoms with Gasteiger partial charge in [0.1, 0.15) is 12.1 Å². The molecule has 0 radical (unpaired) electrons. The number of esters is 1. The molecule has 2 atom stereocenters. The summed E-state index contributed by atoms with van der Waals surface area (Å²) in [6.45, 7) is 4.90. The molecule has 0 saturated carbocycles. The van der Waals surface area contributed by atoms with Gasteiger partial charge in [-0.1, -0.05) is 43.1 Å². The van der Waals surface area contributed by atoms with Gasteiger partial charge in [-0.25, -0.2) is 4.79 Å². The van der Waals surface area contributed by atoms with Gasteiger partial charge in [-0.15, -0.1) is 0 Å². The summed E-state index contributed by atoms with van der Waals surface area (Å²) in [5, 5.41) is 5.96. The summed E-state index contributed by atoms with van der Waals surface area (Å²) in [5.41, 5.74) is 0.530. The summed E-state index contributed by atoms with van der Waals surface area (Å²) in [7, 11) is 1.23. The van der Waals surface area contributed by atoms with Gasteiger partial charge < -0.3 is 15.4 Å². The lowest BCUT2D eigenvalue weighted by Crippen LogP contribution is -2.54. The van der Waals surface area contributed by atoms with Gasteiger partial charge in [-0.2, -0.15) is 0 Å². The highest BCUT2D eigenvalue weighted by molar-refractivity contribution is 6.36. The first-order chi connectivity index (χ1) is 11.7. The zero-order valence-electron chi connectivity index (χ0n) is 14.6. The molecule has 0 aliphatic carbocycles. The Bertz CT molecular complexity index is 629. The molecule has 8 heteroatoms. The average molecular weight is 389 g/mol. The second kappa shape index (κ2) is 9.63. The molecular formula is C17H22Cl2N2O4. The molecule has 2 N–H and O–H groups in total. The van der Waals surface area contributed by atoms with Crippen LogP contribution in [0.3, 0.4) is 0 Å². The fourth-order valence-corrected chi connectivity index (χ4v) is 2.83. The van der Waals surface area contributed by atoms with Crippen LogP contribution >= 0.6 is 23.2 Å². The van der Waals surface area contributed by atoms with Crippen molar-refractivity contribution in [2.45, 2.75) is 39.3 Å². The number of methoxy groups -OCH3 is 1. The molecule has 138 valence electrons. The molecule has 25 heavy (non-hydrogen) atoms. The number of amides is 2. The van der Waals surface area contributed by atoms with E-state index < -0.39 is 24.0 Å². The van der Waals surface area contributed by atoms with Gasteiger partial charge in [-0.3, -0.25) is 9.59 Å². The highest BCUT2D eigenvalue weighted by atomic mass is 35.5. The molecule has 6 nitrogen and oxygen atoms in total. The van der Waals surface area contributed by atoms with Crippen molar-refractivity contribution < 1.29 is 19.1 Å². The normalized spacial score (nSPS) is 13.1. The van der Waals surface area contributed by atoms with E-state index >= 15 is 0 Å². The molecule has 0 unspecified atom stereocenters. The van der Waals surface area contributed by atoms with E-state index in [2.05, 4.69) is 10.6 Å². The molecule has 0 bridgehead atoms. The molecule has 2 amide bonds. The Kier molecular flexibility index (Phi) is 8.19. The molecule has 0 aliphatic rings. The van der Waals surface area contributed by atoms with Gasteiger partial charge in [0.2, 0.25) is 11.8 Å². The second-order valence-corrected chi connectivity index (χ2v) is 6.73. The van der Waals surface area contributed by atoms with Gasteiger partial charge in [0, 0.05) is 23.4 Å². The smallest absolute Gasteiger partial charge is 0.328 e. The number of ether oxygens (including phenoxy) is 1. The average Bonchev–Trinajstić information content (AvgIpc) is 2.53. The van der Waals surface area contributed by atoms with Crippen LogP contribution in [0.25, 0.3) is 0 Å². The van der Waals surface area contributed by atoms with Crippen molar-refractivity contribution in [1.29, 1.82) is 0 Å². The fraction of sp³-hybridized carbons (Fsp3) is 0.471. The van der Waals surface area contributed by atoms with Crippen molar-refractivity contribution in [2.24, 2.45) is 5.92 Å². The zero-order chi connectivity index (χ0) is 19.1. The third-order valence-electron chi connectivity index (χ3n) is 3.58. The van der Waals surface area contributed by atoms with E-state index in [1.165, 1.54) is 14.0 Å². The molecule has 1 aromatic rings. The zero-order valence-corrected chi connectivity index (χ0v) is 16.1. The summed E-state index contributed by atoms with van der Waals surface area (Å²) < 4.78 is 4.76. The maximum Gasteiger partial charge on any atom is 0.328 e. The second-order valence-electron chi connectivity index (χ2n) is 5.91. The van der Waals surface area contributed by atoms with Crippen molar-refractivity contribution in [3.05, 3.63) is 33.8 Å². The molecule has 0 saturated heterocycles. The highest BCUT2D eigenvalue weighted by Crippen LogP contribution is 2.25. The van der Waals surface area contributed by atoms with E-state index in [0.717, 1.165) is 0 Å². The number of rotatable bonds is 7. The van der Waals surface area contributed by atoms with Crippen LogP contribution in [0.15, 0.2) is 18.2 Å². The minimum Gasteiger partial charge on any atom is -0.467 e. The maximum absolute atomic E-state index is 12.5. The lowest BCUT2D eigenvalue weighted by atomic mass is 10.0. The molecule has 0 spiro atoms. The topological polar surface area (TPSA) is 84.5 Å². The van der Waals surface area contributed by atoms with Gasteiger partial charge in [-0.05, 0) is 23.6 Å². The molecule has 0 heterocycles. The maximum atomic E-state index is 12.5. The van der Waals surface area contributed by atoms with E-state index in [1.54, 1.807) is 32.0 Å². The lowest BCUT2D eigenvalue weighted by Gasteiger charge is -2.24. The fourth-order valence-electron chi connectivity index (χ4n) is 2.28. The molecule has 0 aromatic heterocycles. The van der Waals surface area contributed by atoms with Crippen LogP contribution in [0.1, 0.15) is 26.3 Å². The Labute approximate surface area is 157 Å². The summed E-state index contributed by atoms with van der Waals surface area (Å²) in [6, 6.07) is 3.22. The van der Waals surface area contributed by atoms with Crippen LogP contribution < -0.4 is 10.6 Å². The molecular weight excluding hydrogens is 367 g/mol.